The molecule has 1 saturated carbocycles. The zero-order valence-electron chi connectivity index (χ0n) is 10.1. The predicted molar refractivity (Wildman–Crippen MR) is 68.6 cm³/mol. The van der Waals surface area contributed by atoms with Crippen LogP contribution < -0.4 is 4.90 Å². The summed E-state index contributed by atoms with van der Waals surface area (Å²) in [6, 6.07) is 3.75. The third-order valence-electron chi connectivity index (χ3n) is 3.02. The number of pyridine rings is 1. The molecule has 2 rings (SSSR count). The van der Waals surface area contributed by atoms with Crippen molar-refractivity contribution in [3.05, 3.63) is 23.9 Å². The van der Waals surface area contributed by atoms with Crippen LogP contribution in [0.15, 0.2) is 18.3 Å². The van der Waals surface area contributed by atoms with Gasteiger partial charge in [0.25, 0.3) is 0 Å². The van der Waals surface area contributed by atoms with Crippen molar-refractivity contribution >= 4 is 5.82 Å². The lowest BCUT2D eigenvalue weighted by atomic mass is 10.1. The Morgan fingerprint density at radius 2 is 2.41 bits per heavy atom. The number of hydrogen-bond acceptors (Lipinski definition) is 3. The van der Waals surface area contributed by atoms with E-state index in [4.69, 9.17) is 6.42 Å². The molecule has 3 heteroatoms. The molecule has 0 radical (unpaired) electrons. The number of nitrogens with zero attached hydrogens (tertiary/aromatic N) is 2. The SMILES string of the molecule is C#CCN(CC1CC1)c1ncccc1C(C)O. The van der Waals surface area contributed by atoms with Crippen LogP contribution in [-0.4, -0.2) is 23.2 Å². The molecule has 90 valence electrons. The first-order valence-corrected chi connectivity index (χ1v) is 6.03. The molecule has 1 fully saturated rings. The van der Waals surface area contributed by atoms with Gasteiger partial charge in [-0.3, -0.25) is 0 Å². The van der Waals surface area contributed by atoms with Crippen LogP contribution >= 0.6 is 0 Å². The molecule has 1 aliphatic carbocycles. The summed E-state index contributed by atoms with van der Waals surface area (Å²) < 4.78 is 0. The van der Waals surface area contributed by atoms with E-state index in [2.05, 4.69) is 15.8 Å². The first-order valence-electron chi connectivity index (χ1n) is 6.03. The minimum absolute atomic E-state index is 0.516. The molecular weight excluding hydrogens is 212 g/mol. The average Bonchev–Trinajstić information content (AvgIpc) is 3.12. The maximum Gasteiger partial charge on any atom is 0.135 e. The Morgan fingerprint density at radius 1 is 1.65 bits per heavy atom. The Balaban J connectivity index is 2.24. The molecular formula is C14H18N2O. The zero-order valence-corrected chi connectivity index (χ0v) is 10.1. The largest absolute Gasteiger partial charge is 0.389 e. The lowest BCUT2D eigenvalue weighted by Crippen LogP contribution is -2.28. The summed E-state index contributed by atoms with van der Waals surface area (Å²) in [7, 11) is 0. The first kappa shape index (κ1) is 11.9. The second kappa shape index (κ2) is 5.20. The van der Waals surface area contributed by atoms with Crippen molar-refractivity contribution in [2.75, 3.05) is 18.0 Å². The first-order chi connectivity index (χ1) is 8.22. The lowest BCUT2D eigenvalue weighted by Gasteiger charge is -2.24. The van der Waals surface area contributed by atoms with Crippen LogP contribution in [0.1, 0.15) is 31.4 Å². The molecule has 0 bridgehead atoms. The molecule has 1 aliphatic rings. The van der Waals surface area contributed by atoms with E-state index in [0.717, 1.165) is 23.8 Å². The van der Waals surface area contributed by atoms with Crippen LogP contribution in [0, 0.1) is 18.3 Å². The topological polar surface area (TPSA) is 36.4 Å². The van der Waals surface area contributed by atoms with Crippen LogP contribution in [0.4, 0.5) is 5.82 Å². The molecule has 1 aromatic rings. The number of aromatic nitrogens is 1. The van der Waals surface area contributed by atoms with E-state index in [1.807, 2.05) is 12.1 Å². The summed E-state index contributed by atoms with van der Waals surface area (Å²) in [5.41, 5.74) is 0.850. The molecule has 1 aromatic heterocycles. The fraction of sp³-hybridized carbons (Fsp3) is 0.500. The summed E-state index contributed by atoms with van der Waals surface area (Å²) in [6.07, 6.45) is 9.19. The van der Waals surface area contributed by atoms with Gasteiger partial charge in [-0.15, -0.1) is 6.42 Å². The van der Waals surface area contributed by atoms with Gasteiger partial charge in [-0.1, -0.05) is 12.0 Å². The molecule has 1 atom stereocenters. The molecule has 0 spiro atoms. The maximum absolute atomic E-state index is 9.75. The predicted octanol–water partition coefficient (Wildman–Crippen LogP) is 1.98. The number of aliphatic hydroxyl groups excluding tert-OH is 1. The van der Waals surface area contributed by atoms with E-state index >= 15 is 0 Å². The van der Waals surface area contributed by atoms with Gasteiger partial charge in [0.15, 0.2) is 0 Å². The zero-order chi connectivity index (χ0) is 12.3. The van der Waals surface area contributed by atoms with Gasteiger partial charge in [-0.05, 0) is 31.7 Å². The summed E-state index contributed by atoms with van der Waals surface area (Å²) in [4.78, 5) is 6.47. The number of anilines is 1. The minimum atomic E-state index is -0.516. The Hall–Kier alpha value is -1.53. The highest BCUT2D eigenvalue weighted by Crippen LogP contribution is 2.32. The van der Waals surface area contributed by atoms with E-state index in [1.54, 1.807) is 13.1 Å². The fourth-order valence-electron chi connectivity index (χ4n) is 1.95. The van der Waals surface area contributed by atoms with Gasteiger partial charge in [0, 0.05) is 18.3 Å². The van der Waals surface area contributed by atoms with E-state index in [0.29, 0.717) is 6.54 Å². The molecule has 0 saturated heterocycles. The van der Waals surface area contributed by atoms with Gasteiger partial charge in [0.05, 0.1) is 12.6 Å². The van der Waals surface area contributed by atoms with E-state index in [1.165, 1.54) is 12.8 Å². The molecule has 0 aliphatic heterocycles. The highest BCUT2D eigenvalue weighted by atomic mass is 16.3. The third kappa shape index (κ3) is 2.98. The highest BCUT2D eigenvalue weighted by molar-refractivity contribution is 5.49. The van der Waals surface area contributed by atoms with E-state index in [9.17, 15) is 5.11 Å². The van der Waals surface area contributed by atoms with E-state index in [-0.39, 0.29) is 0 Å². The van der Waals surface area contributed by atoms with Crippen molar-refractivity contribution in [3.63, 3.8) is 0 Å². The standard InChI is InChI=1S/C14H18N2O/c1-3-9-16(10-12-6-7-12)14-13(11(2)17)5-4-8-15-14/h1,4-5,8,11-12,17H,6-7,9-10H2,2H3. The van der Waals surface area contributed by atoms with Crippen molar-refractivity contribution < 1.29 is 5.11 Å². The van der Waals surface area contributed by atoms with Gasteiger partial charge in [-0.25, -0.2) is 4.98 Å². The van der Waals surface area contributed by atoms with Crippen LogP contribution in [0.25, 0.3) is 0 Å². The quantitative estimate of drug-likeness (QED) is 0.786. The monoisotopic (exact) mass is 230 g/mol. The fourth-order valence-corrected chi connectivity index (χ4v) is 1.95. The Morgan fingerprint density at radius 3 is 3.00 bits per heavy atom. The van der Waals surface area contributed by atoms with Gasteiger partial charge in [0.2, 0.25) is 0 Å². The maximum atomic E-state index is 9.75. The van der Waals surface area contributed by atoms with Crippen molar-refractivity contribution in [3.8, 4) is 12.3 Å². The van der Waals surface area contributed by atoms with Crippen molar-refractivity contribution in [2.24, 2.45) is 5.92 Å². The second-order valence-corrected chi connectivity index (χ2v) is 4.62. The van der Waals surface area contributed by atoms with Crippen LogP contribution in [-0.2, 0) is 0 Å². The van der Waals surface area contributed by atoms with E-state index < -0.39 is 6.10 Å². The molecule has 1 heterocycles. The summed E-state index contributed by atoms with van der Waals surface area (Å²) in [5.74, 6) is 4.24. The normalized spacial score (nSPS) is 16.3. The smallest absolute Gasteiger partial charge is 0.135 e. The molecule has 1 N–H and O–H groups in total. The Bertz CT molecular complexity index is 418. The summed E-state index contributed by atoms with van der Waals surface area (Å²) in [6.45, 7) is 3.25. The molecule has 0 aromatic carbocycles. The van der Waals surface area contributed by atoms with Crippen LogP contribution in [0.5, 0.6) is 0 Å². The van der Waals surface area contributed by atoms with Gasteiger partial charge >= 0.3 is 0 Å². The lowest BCUT2D eigenvalue weighted by molar-refractivity contribution is 0.199. The second-order valence-electron chi connectivity index (χ2n) is 4.62. The van der Waals surface area contributed by atoms with Gasteiger partial charge in [-0.2, -0.15) is 0 Å². The molecule has 0 amide bonds. The average molecular weight is 230 g/mol. The minimum Gasteiger partial charge on any atom is -0.389 e. The number of terminal acetylenes is 1. The Kier molecular flexibility index (Phi) is 3.65. The van der Waals surface area contributed by atoms with Crippen LogP contribution in [0.3, 0.4) is 0 Å². The van der Waals surface area contributed by atoms with Crippen LogP contribution in [0.2, 0.25) is 0 Å². The third-order valence-corrected chi connectivity index (χ3v) is 3.02. The molecule has 1 unspecified atom stereocenters. The number of hydrogen-bond donors (Lipinski definition) is 1. The number of aliphatic hydroxyl groups is 1. The molecule has 17 heavy (non-hydrogen) atoms. The summed E-state index contributed by atoms with van der Waals surface area (Å²) >= 11 is 0. The van der Waals surface area contributed by atoms with Gasteiger partial charge in [0.1, 0.15) is 5.82 Å². The van der Waals surface area contributed by atoms with Crippen molar-refractivity contribution in [1.29, 1.82) is 0 Å². The summed E-state index contributed by atoms with van der Waals surface area (Å²) in [5, 5.41) is 9.75. The Labute approximate surface area is 102 Å². The molecule has 3 nitrogen and oxygen atoms in total. The highest BCUT2D eigenvalue weighted by Gasteiger charge is 2.26. The number of rotatable bonds is 5. The van der Waals surface area contributed by atoms with Crippen molar-refractivity contribution in [2.45, 2.75) is 25.9 Å². The van der Waals surface area contributed by atoms with Gasteiger partial charge < -0.3 is 10.0 Å². The van der Waals surface area contributed by atoms with Crippen molar-refractivity contribution in [1.82, 2.24) is 4.98 Å².